The van der Waals surface area contributed by atoms with Gasteiger partial charge in [0.25, 0.3) is 0 Å². The molecule has 1 unspecified atom stereocenters. The number of amides is 1. The summed E-state index contributed by atoms with van der Waals surface area (Å²) in [4.78, 5) is 24.2. The first kappa shape index (κ1) is 18.9. The van der Waals surface area contributed by atoms with Crippen LogP contribution in [-0.4, -0.2) is 47.5 Å². The minimum absolute atomic E-state index is 0.149. The number of carbonyl (C=O) groups is 1. The van der Waals surface area contributed by atoms with E-state index >= 15 is 0 Å². The lowest BCUT2D eigenvalue weighted by atomic mass is 9.98. The molecule has 1 aromatic heterocycles. The van der Waals surface area contributed by atoms with Crippen LogP contribution in [0.25, 0.3) is 0 Å². The number of nitrogens with one attached hydrogen (secondary N) is 1. The largest absolute Gasteiger partial charge is 0.496 e. The van der Waals surface area contributed by atoms with Gasteiger partial charge in [0.1, 0.15) is 11.6 Å². The van der Waals surface area contributed by atoms with E-state index in [1.165, 1.54) is 6.42 Å². The highest BCUT2D eigenvalue weighted by atomic mass is 16.5. The highest BCUT2D eigenvalue weighted by Gasteiger charge is 2.24. The standard InChI is InChI=1S/C22H28N4O2/c1-15-10-16(5-6-20(15)28-2)11-21(27)26-9-7-19-18(14-26)13-24-22(25-19)17-4-3-8-23-12-17/h5-6,10,13,17,23H,3-4,7-9,11-12,14H2,1-2H3. The van der Waals surface area contributed by atoms with Gasteiger partial charge in [0.05, 0.1) is 19.2 Å². The monoisotopic (exact) mass is 380 g/mol. The number of rotatable bonds is 4. The van der Waals surface area contributed by atoms with Crippen LogP contribution in [0.2, 0.25) is 0 Å². The number of methoxy groups -OCH3 is 1. The van der Waals surface area contributed by atoms with Gasteiger partial charge in [-0.15, -0.1) is 0 Å². The molecule has 28 heavy (non-hydrogen) atoms. The van der Waals surface area contributed by atoms with E-state index in [4.69, 9.17) is 9.72 Å². The van der Waals surface area contributed by atoms with Crippen LogP contribution in [-0.2, 0) is 24.2 Å². The number of nitrogens with zero attached hydrogens (tertiary/aromatic N) is 3. The van der Waals surface area contributed by atoms with Crippen molar-refractivity contribution in [3.05, 3.63) is 52.6 Å². The molecule has 0 bridgehead atoms. The molecule has 2 aliphatic rings. The van der Waals surface area contributed by atoms with Gasteiger partial charge in [-0.3, -0.25) is 4.79 Å². The summed E-state index contributed by atoms with van der Waals surface area (Å²) in [6, 6.07) is 5.93. The van der Waals surface area contributed by atoms with Crippen molar-refractivity contribution >= 4 is 5.91 Å². The molecule has 0 aliphatic carbocycles. The molecule has 6 heteroatoms. The van der Waals surface area contributed by atoms with E-state index in [9.17, 15) is 4.79 Å². The third-order valence-electron chi connectivity index (χ3n) is 5.78. The molecule has 1 aromatic carbocycles. The molecular weight excluding hydrogens is 352 g/mol. The molecule has 1 fully saturated rings. The zero-order valence-corrected chi connectivity index (χ0v) is 16.7. The lowest BCUT2D eigenvalue weighted by Gasteiger charge is -2.29. The van der Waals surface area contributed by atoms with Gasteiger partial charge in [0.2, 0.25) is 5.91 Å². The van der Waals surface area contributed by atoms with Crippen molar-refractivity contribution in [3.8, 4) is 5.75 Å². The van der Waals surface area contributed by atoms with Gasteiger partial charge in [-0.25, -0.2) is 9.97 Å². The van der Waals surface area contributed by atoms with Crippen molar-refractivity contribution < 1.29 is 9.53 Å². The Labute approximate surface area is 166 Å². The van der Waals surface area contributed by atoms with Gasteiger partial charge >= 0.3 is 0 Å². The number of carbonyl (C=O) groups excluding carboxylic acids is 1. The highest BCUT2D eigenvalue weighted by molar-refractivity contribution is 5.79. The van der Waals surface area contributed by atoms with Crippen molar-refractivity contribution in [2.24, 2.45) is 0 Å². The average molecular weight is 380 g/mol. The highest BCUT2D eigenvalue weighted by Crippen LogP contribution is 2.24. The summed E-state index contributed by atoms with van der Waals surface area (Å²) in [6.45, 7) is 5.38. The summed E-state index contributed by atoms with van der Waals surface area (Å²) in [5.41, 5.74) is 4.26. The molecule has 1 amide bonds. The maximum absolute atomic E-state index is 12.8. The first-order valence-electron chi connectivity index (χ1n) is 10.1. The first-order valence-corrected chi connectivity index (χ1v) is 10.1. The number of aromatic nitrogens is 2. The summed E-state index contributed by atoms with van der Waals surface area (Å²) in [6.07, 6.45) is 5.48. The third kappa shape index (κ3) is 4.02. The number of ether oxygens (including phenoxy) is 1. The summed E-state index contributed by atoms with van der Waals surface area (Å²) in [5, 5.41) is 3.43. The van der Waals surface area contributed by atoms with Gasteiger partial charge in [-0.05, 0) is 43.5 Å². The molecule has 1 N–H and O–H groups in total. The number of hydrogen-bond acceptors (Lipinski definition) is 5. The fourth-order valence-electron chi connectivity index (χ4n) is 4.15. The van der Waals surface area contributed by atoms with Crippen LogP contribution in [0.1, 0.15) is 47.0 Å². The summed E-state index contributed by atoms with van der Waals surface area (Å²) >= 11 is 0. The van der Waals surface area contributed by atoms with E-state index in [1.807, 2.05) is 36.2 Å². The average Bonchev–Trinajstić information content (AvgIpc) is 2.73. The molecule has 1 saturated heterocycles. The Hall–Kier alpha value is -2.47. The molecule has 3 heterocycles. The predicted octanol–water partition coefficient (Wildman–Crippen LogP) is 2.39. The van der Waals surface area contributed by atoms with E-state index in [1.54, 1.807) is 7.11 Å². The fraction of sp³-hybridized carbons (Fsp3) is 0.500. The molecule has 2 aromatic rings. The van der Waals surface area contributed by atoms with Crippen LogP contribution in [0.3, 0.4) is 0 Å². The normalized spacial score (nSPS) is 19.2. The number of piperidine rings is 1. The topological polar surface area (TPSA) is 67.3 Å². The number of aryl methyl sites for hydroxylation is 1. The lowest BCUT2D eigenvalue weighted by molar-refractivity contribution is -0.131. The predicted molar refractivity (Wildman–Crippen MR) is 107 cm³/mol. The van der Waals surface area contributed by atoms with Crippen LogP contribution in [0.15, 0.2) is 24.4 Å². The van der Waals surface area contributed by atoms with E-state index in [-0.39, 0.29) is 5.91 Å². The quantitative estimate of drug-likeness (QED) is 0.882. The van der Waals surface area contributed by atoms with E-state index in [2.05, 4.69) is 10.3 Å². The number of benzene rings is 1. The van der Waals surface area contributed by atoms with Crippen LogP contribution in [0.5, 0.6) is 5.75 Å². The van der Waals surface area contributed by atoms with Crippen LogP contribution < -0.4 is 10.1 Å². The van der Waals surface area contributed by atoms with E-state index in [0.717, 1.165) is 66.4 Å². The van der Waals surface area contributed by atoms with Gasteiger partial charge in [-0.2, -0.15) is 0 Å². The molecule has 0 saturated carbocycles. The van der Waals surface area contributed by atoms with Crippen molar-refractivity contribution in [2.75, 3.05) is 26.7 Å². The molecule has 148 valence electrons. The molecular formula is C22H28N4O2. The Balaban J connectivity index is 1.42. The van der Waals surface area contributed by atoms with Gasteiger partial charge in [0, 0.05) is 43.7 Å². The lowest BCUT2D eigenvalue weighted by Crippen LogP contribution is -2.38. The molecule has 0 spiro atoms. The molecule has 4 rings (SSSR count). The minimum atomic E-state index is 0.149. The van der Waals surface area contributed by atoms with Crippen molar-refractivity contribution in [1.29, 1.82) is 0 Å². The summed E-state index contributed by atoms with van der Waals surface area (Å²) in [5.74, 6) is 2.37. The molecule has 6 nitrogen and oxygen atoms in total. The third-order valence-corrected chi connectivity index (χ3v) is 5.78. The first-order chi connectivity index (χ1) is 13.6. The Bertz CT molecular complexity index is 862. The maximum atomic E-state index is 12.8. The van der Waals surface area contributed by atoms with Gasteiger partial charge in [-0.1, -0.05) is 12.1 Å². The van der Waals surface area contributed by atoms with Crippen molar-refractivity contribution in [1.82, 2.24) is 20.2 Å². The van der Waals surface area contributed by atoms with E-state index in [0.29, 0.717) is 18.9 Å². The zero-order chi connectivity index (χ0) is 19.5. The van der Waals surface area contributed by atoms with Crippen molar-refractivity contribution in [3.63, 3.8) is 0 Å². The minimum Gasteiger partial charge on any atom is -0.496 e. The fourth-order valence-corrected chi connectivity index (χ4v) is 4.15. The SMILES string of the molecule is COc1ccc(CC(=O)N2CCc3nc(C4CCCNC4)ncc3C2)cc1C. The summed E-state index contributed by atoms with van der Waals surface area (Å²) in [7, 11) is 1.66. The van der Waals surface area contributed by atoms with Crippen LogP contribution in [0, 0.1) is 6.92 Å². The van der Waals surface area contributed by atoms with Crippen LogP contribution in [0.4, 0.5) is 0 Å². The second kappa shape index (κ2) is 8.27. The Morgan fingerprint density at radius 3 is 3.04 bits per heavy atom. The molecule has 0 radical (unpaired) electrons. The second-order valence-electron chi connectivity index (χ2n) is 7.79. The van der Waals surface area contributed by atoms with Gasteiger partial charge < -0.3 is 15.0 Å². The molecule has 2 aliphatic heterocycles. The Kier molecular flexibility index (Phi) is 5.57. The summed E-state index contributed by atoms with van der Waals surface area (Å²) < 4.78 is 5.30. The number of fused-ring (bicyclic) bond motifs is 1. The van der Waals surface area contributed by atoms with Crippen molar-refractivity contribution in [2.45, 2.75) is 45.1 Å². The van der Waals surface area contributed by atoms with Crippen LogP contribution >= 0.6 is 0 Å². The second-order valence-corrected chi connectivity index (χ2v) is 7.79. The smallest absolute Gasteiger partial charge is 0.227 e. The van der Waals surface area contributed by atoms with E-state index < -0.39 is 0 Å². The zero-order valence-electron chi connectivity index (χ0n) is 16.7. The number of hydrogen-bond donors (Lipinski definition) is 1. The van der Waals surface area contributed by atoms with Gasteiger partial charge in [0.15, 0.2) is 0 Å². The Morgan fingerprint density at radius 2 is 2.29 bits per heavy atom. The maximum Gasteiger partial charge on any atom is 0.227 e. The molecule has 1 atom stereocenters. The Morgan fingerprint density at radius 1 is 1.39 bits per heavy atom.